The number of fused-ring (bicyclic) bond motifs is 1. The summed E-state index contributed by atoms with van der Waals surface area (Å²) in [6, 6.07) is 12.1. The maximum atomic E-state index is 13.1. The Labute approximate surface area is 196 Å². The Morgan fingerprint density at radius 2 is 1.81 bits per heavy atom. The lowest BCUT2D eigenvalue weighted by molar-refractivity contribution is -0.122. The number of imide groups is 2. The van der Waals surface area contributed by atoms with Crippen LogP contribution in [0, 0.1) is 0 Å². The van der Waals surface area contributed by atoms with Gasteiger partial charge in [-0.05, 0) is 86.7 Å². The molecule has 6 nitrogen and oxygen atoms in total. The lowest BCUT2D eigenvalue weighted by atomic mass is 9.79. The summed E-state index contributed by atoms with van der Waals surface area (Å²) in [5.74, 6) is -0.975. The fraction of sp³-hybridized carbons (Fsp3) is 0.320. The predicted molar refractivity (Wildman–Crippen MR) is 130 cm³/mol. The van der Waals surface area contributed by atoms with E-state index in [0.717, 1.165) is 27.9 Å². The molecule has 1 unspecified atom stereocenters. The fourth-order valence-electron chi connectivity index (χ4n) is 4.85. The minimum absolute atomic E-state index is 0.0614. The molecular formula is C25H26BrN3O3. The SMILES string of the molecule is CCN1c2ccc(/C=C3/C(=O)NC(=O)N(c4ccc(Br)cc4)C3=O)cc2C(C)CC1(C)C. The third-order valence-corrected chi connectivity index (χ3v) is 6.75. The van der Waals surface area contributed by atoms with Gasteiger partial charge >= 0.3 is 6.03 Å². The molecule has 0 saturated carbocycles. The molecule has 0 spiro atoms. The second kappa shape index (κ2) is 8.20. The van der Waals surface area contributed by atoms with Crippen molar-refractivity contribution in [2.75, 3.05) is 16.3 Å². The molecule has 7 heteroatoms. The number of hydrogen-bond acceptors (Lipinski definition) is 4. The van der Waals surface area contributed by atoms with Crippen LogP contribution in [-0.4, -0.2) is 29.9 Å². The van der Waals surface area contributed by atoms with Gasteiger partial charge in [0.2, 0.25) is 0 Å². The molecule has 4 rings (SSSR count). The molecule has 0 aliphatic carbocycles. The predicted octanol–water partition coefficient (Wildman–Crippen LogP) is 5.23. The molecule has 2 aliphatic heterocycles. The van der Waals surface area contributed by atoms with Crippen molar-refractivity contribution in [1.82, 2.24) is 5.32 Å². The van der Waals surface area contributed by atoms with Crippen molar-refractivity contribution >= 4 is 51.2 Å². The van der Waals surface area contributed by atoms with Gasteiger partial charge in [0.15, 0.2) is 0 Å². The Hall–Kier alpha value is -2.93. The molecule has 2 aromatic rings. The summed E-state index contributed by atoms with van der Waals surface area (Å²) >= 11 is 3.34. The Morgan fingerprint density at radius 1 is 1.12 bits per heavy atom. The Bertz CT molecular complexity index is 1140. The van der Waals surface area contributed by atoms with Crippen LogP contribution < -0.4 is 15.1 Å². The van der Waals surface area contributed by atoms with E-state index in [9.17, 15) is 14.4 Å². The summed E-state index contributed by atoms with van der Waals surface area (Å²) < 4.78 is 0.824. The first-order chi connectivity index (χ1) is 15.1. The van der Waals surface area contributed by atoms with Gasteiger partial charge in [0.1, 0.15) is 5.57 Å². The Morgan fingerprint density at radius 3 is 2.47 bits per heavy atom. The van der Waals surface area contributed by atoms with Gasteiger partial charge < -0.3 is 4.90 Å². The molecule has 32 heavy (non-hydrogen) atoms. The van der Waals surface area contributed by atoms with Crippen LogP contribution in [0.4, 0.5) is 16.2 Å². The molecule has 2 heterocycles. The molecule has 1 saturated heterocycles. The standard InChI is InChI=1S/C25H26BrN3O3/c1-5-28-21-11-6-16(12-19(21)15(2)14-25(28,3)4)13-20-22(30)27-24(32)29(23(20)31)18-9-7-17(26)8-10-18/h6-13,15H,5,14H2,1-4H3,(H,27,30,32)/b20-13-. The maximum Gasteiger partial charge on any atom is 0.335 e. The van der Waals surface area contributed by atoms with E-state index in [1.54, 1.807) is 30.3 Å². The van der Waals surface area contributed by atoms with E-state index in [2.05, 4.69) is 59.9 Å². The van der Waals surface area contributed by atoms with Crippen LogP contribution in [0.5, 0.6) is 0 Å². The van der Waals surface area contributed by atoms with Crippen LogP contribution in [0.25, 0.3) is 6.08 Å². The Balaban J connectivity index is 1.72. The Kier molecular flexibility index (Phi) is 5.71. The van der Waals surface area contributed by atoms with E-state index in [1.165, 1.54) is 11.3 Å². The maximum absolute atomic E-state index is 13.1. The first-order valence-corrected chi connectivity index (χ1v) is 11.5. The molecule has 2 aliphatic rings. The lowest BCUT2D eigenvalue weighted by Gasteiger charge is -2.47. The van der Waals surface area contributed by atoms with E-state index < -0.39 is 17.8 Å². The number of barbiturate groups is 1. The zero-order chi connectivity index (χ0) is 23.2. The van der Waals surface area contributed by atoms with Gasteiger partial charge in [0.05, 0.1) is 5.69 Å². The largest absolute Gasteiger partial charge is 0.366 e. The molecule has 2 aromatic carbocycles. The number of hydrogen-bond donors (Lipinski definition) is 1. The molecule has 0 radical (unpaired) electrons. The number of benzene rings is 2. The molecule has 4 amide bonds. The van der Waals surface area contributed by atoms with E-state index in [1.807, 2.05) is 12.1 Å². The summed E-state index contributed by atoms with van der Waals surface area (Å²) in [4.78, 5) is 41.4. The third-order valence-electron chi connectivity index (χ3n) is 6.22. The molecule has 1 N–H and O–H groups in total. The topological polar surface area (TPSA) is 69.7 Å². The van der Waals surface area contributed by atoms with Crippen LogP contribution in [0.1, 0.15) is 51.2 Å². The first kappa shape index (κ1) is 22.3. The van der Waals surface area contributed by atoms with Crippen molar-refractivity contribution in [2.24, 2.45) is 0 Å². The van der Waals surface area contributed by atoms with Crippen LogP contribution in [-0.2, 0) is 9.59 Å². The molecule has 1 atom stereocenters. The van der Waals surface area contributed by atoms with Crippen molar-refractivity contribution in [1.29, 1.82) is 0 Å². The second-order valence-corrected chi connectivity index (χ2v) is 9.83. The average molecular weight is 496 g/mol. The third kappa shape index (κ3) is 3.86. The van der Waals surface area contributed by atoms with E-state index in [-0.39, 0.29) is 11.1 Å². The van der Waals surface area contributed by atoms with E-state index in [0.29, 0.717) is 11.6 Å². The number of halogens is 1. The molecule has 166 valence electrons. The number of carbonyl (C=O) groups is 3. The van der Waals surface area contributed by atoms with Crippen molar-refractivity contribution in [3.05, 3.63) is 63.6 Å². The van der Waals surface area contributed by atoms with E-state index in [4.69, 9.17) is 0 Å². The zero-order valence-corrected chi connectivity index (χ0v) is 20.2. The van der Waals surface area contributed by atoms with Crippen molar-refractivity contribution < 1.29 is 14.4 Å². The highest BCUT2D eigenvalue weighted by Crippen LogP contribution is 2.43. The second-order valence-electron chi connectivity index (χ2n) is 8.91. The highest BCUT2D eigenvalue weighted by molar-refractivity contribution is 9.10. The summed E-state index contributed by atoms with van der Waals surface area (Å²) in [6.07, 6.45) is 2.58. The average Bonchev–Trinajstić information content (AvgIpc) is 2.72. The minimum atomic E-state index is -0.751. The summed E-state index contributed by atoms with van der Waals surface area (Å²) in [7, 11) is 0. The van der Waals surface area contributed by atoms with Crippen molar-refractivity contribution in [3.8, 4) is 0 Å². The highest BCUT2D eigenvalue weighted by Gasteiger charge is 2.38. The number of nitrogens with zero attached hydrogens (tertiary/aromatic N) is 2. The normalized spacial score (nSPS) is 21.6. The monoisotopic (exact) mass is 495 g/mol. The number of nitrogens with one attached hydrogen (secondary N) is 1. The van der Waals surface area contributed by atoms with Crippen molar-refractivity contribution in [3.63, 3.8) is 0 Å². The van der Waals surface area contributed by atoms with Crippen LogP contribution >= 0.6 is 15.9 Å². The quantitative estimate of drug-likeness (QED) is 0.467. The number of carbonyl (C=O) groups excluding carboxylic acids is 3. The molecule has 1 fully saturated rings. The number of anilines is 2. The fourth-order valence-corrected chi connectivity index (χ4v) is 5.11. The molecular weight excluding hydrogens is 470 g/mol. The minimum Gasteiger partial charge on any atom is -0.366 e. The summed E-state index contributed by atoms with van der Waals surface area (Å²) in [6.45, 7) is 9.76. The van der Waals surface area contributed by atoms with Gasteiger partial charge in [0, 0.05) is 22.2 Å². The molecule has 0 aromatic heterocycles. The first-order valence-electron chi connectivity index (χ1n) is 10.7. The van der Waals surface area contributed by atoms with Gasteiger partial charge in [-0.15, -0.1) is 0 Å². The number of urea groups is 1. The van der Waals surface area contributed by atoms with Crippen LogP contribution in [0.3, 0.4) is 0 Å². The number of rotatable bonds is 3. The van der Waals surface area contributed by atoms with Gasteiger partial charge in [-0.25, -0.2) is 9.69 Å². The lowest BCUT2D eigenvalue weighted by Crippen LogP contribution is -2.54. The van der Waals surface area contributed by atoms with Gasteiger partial charge in [-0.1, -0.05) is 28.9 Å². The van der Waals surface area contributed by atoms with Crippen LogP contribution in [0.15, 0.2) is 52.5 Å². The number of amides is 4. The zero-order valence-electron chi connectivity index (χ0n) is 18.6. The van der Waals surface area contributed by atoms with Gasteiger partial charge in [-0.2, -0.15) is 0 Å². The summed E-state index contributed by atoms with van der Waals surface area (Å²) in [5, 5.41) is 2.28. The molecule has 0 bridgehead atoms. The van der Waals surface area contributed by atoms with Gasteiger partial charge in [-0.3, -0.25) is 14.9 Å². The van der Waals surface area contributed by atoms with Gasteiger partial charge in [0.25, 0.3) is 11.8 Å². The van der Waals surface area contributed by atoms with Crippen molar-refractivity contribution in [2.45, 2.75) is 45.6 Å². The highest BCUT2D eigenvalue weighted by atomic mass is 79.9. The summed E-state index contributed by atoms with van der Waals surface area (Å²) in [5.41, 5.74) is 3.54. The van der Waals surface area contributed by atoms with E-state index >= 15 is 0 Å². The van der Waals surface area contributed by atoms with Crippen LogP contribution in [0.2, 0.25) is 0 Å². The smallest absolute Gasteiger partial charge is 0.335 e.